The van der Waals surface area contributed by atoms with Gasteiger partial charge in [-0.3, -0.25) is 9.88 Å². The van der Waals surface area contributed by atoms with E-state index in [1.54, 1.807) is 0 Å². The van der Waals surface area contributed by atoms with Gasteiger partial charge in [-0.05, 0) is 67.2 Å². The molecule has 4 nitrogen and oxygen atoms in total. The fourth-order valence-electron chi connectivity index (χ4n) is 3.34. The quantitative estimate of drug-likeness (QED) is 0.871. The topological polar surface area (TPSA) is 34.6 Å². The van der Waals surface area contributed by atoms with Gasteiger partial charge in [0.15, 0.2) is 11.5 Å². The molecule has 1 aromatic heterocycles. The number of aromatic nitrogens is 1. The molecule has 0 unspecified atom stereocenters. The van der Waals surface area contributed by atoms with E-state index in [1.807, 2.05) is 18.5 Å². The van der Waals surface area contributed by atoms with Gasteiger partial charge in [0.25, 0.3) is 0 Å². The van der Waals surface area contributed by atoms with Crippen LogP contribution in [0.1, 0.15) is 29.9 Å². The molecule has 4 heteroatoms. The minimum atomic E-state index is 0.350. The Morgan fingerprint density at radius 2 is 1.77 bits per heavy atom. The van der Waals surface area contributed by atoms with Crippen molar-refractivity contribution < 1.29 is 9.47 Å². The molecule has 0 saturated carbocycles. The van der Waals surface area contributed by atoms with Crippen LogP contribution in [-0.2, 0) is 6.54 Å². The highest BCUT2D eigenvalue weighted by Gasteiger charge is 2.23. The van der Waals surface area contributed by atoms with Crippen LogP contribution in [-0.4, -0.2) is 29.8 Å². The number of rotatable bonds is 3. The Balaban J connectivity index is 1.37. The number of benzene rings is 1. The second-order valence-corrected chi connectivity index (χ2v) is 6.02. The van der Waals surface area contributed by atoms with Crippen LogP contribution < -0.4 is 9.47 Å². The molecule has 3 heterocycles. The number of hydrogen-bond donors (Lipinski definition) is 0. The zero-order chi connectivity index (χ0) is 14.8. The molecule has 0 radical (unpaired) electrons. The standard InChI is InChI=1S/C18H20N2O2/c1-2-17-18(22-13-21-17)11-16(1)15-5-9-20(10-6-15)12-14-3-7-19-8-4-14/h1-4,7-8,11,15H,5-6,9-10,12-13H2. The summed E-state index contributed by atoms with van der Waals surface area (Å²) in [5, 5.41) is 0. The van der Waals surface area contributed by atoms with Crippen molar-refractivity contribution in [2.24, 2.45) is 0 Å². The Morgan fingerprint density at radius 3 is 2.59 bits per heavy atom. The number of hydrogen-bond acceptors (Lipinski definition) is 4. The average molecular weight is 296 g/mol. The van der Waals surface area contributed by atoms with E-state index in [0.717, 1.165) is 31.1 Å². The molecule has 1 saturated heterocycles. The molecule has 0 aliphatic carbocycles. The summed E-state index contributed by atoms with van der Waals surface area (Å²) in [6.45, 7) is 3.66. The van der Waals surface area contributed by atoms with Gasteiger partial charge in [-0.25, -0.2) is 0 Å². The van der Waals surface area contributed by atoms with Gasteiger partial charge in [0.05, 0.1) is 0 Å². The van der Waals surface area contributed by atoms with Crippen molar-refractivity contribution in [2.75, 3.05) is 19.9 Å². The van der Waals surface area contributed by atoms with Gasteiger partial charge in [-0.15, -0.1) is 0 Å². The van der Waals surface area contributed by atoms with E-state index in [2.05, 4.69) is 34.1 Å². The molecule has 2 aliphatic heterocycles. The van der Waals surface area contributed by atoms with Gasteiger partial charge >= 0.3 is 0 Å². The van der Waals surface area contributed by atoms with Crippen molar-refractivity contribution in [1.82, 2.24) is 9.88 Å². The van der Waals surface area contributed by atoms with Crippen LogP contribution in [0.3, 0.4) is 0 Å². The molecule has 2 aromatic rings. The summed E-state index contributed by atoms with van der Waals surface area (Å²) in [5.41, 5.74) is 2.73. The van der Waals surface area contributed by atoms with Crippen molar-refractivity contribution in [1.29, 1.82) is 0 Å². The number of ether oxygens (including phenoxy) is 2. The SMILES string of the molecule is c1cc(CN2CCC(c3ccc4c(c3)OCO4)CC2)ccn1. The van der Waals surface area contributed by atoms with Gasteiger partial charge in [0, 0.05) is 18.9 Å². The maximum atomic E-state index is 5.49. The second-order valence-electron chi connectivity index (χ2n) is 6.02. The lowest BCUT2D eigenvalue weighted by molar-refractivity contribution is 0.174. The van der Waals surface area contributed by atoms with Gasteiger partial charge in [0.1, 0.15) is 0 Å². The Kier molecular flexibility index (Phi) is 3.69. The summed E-state index contributed by atoms with van der Waals surface area (Å²) in [5.74, 6) is 2.40. The Labute approximate surface area is 130 Å². The van der Waals surface area contributed by atoms with Crippen molar-refractivity contribution in [3.63, 3.8) is 0 Å². The number of nitrogens with zero attached hydrogens (tertiary/aromatic N) is 2. The zero-order valence-electron chi connectivity index (χ0n) is 12.6. The predicted octanol–water partition coefficient (Wildman–Crippen LogP) is 3.19. The van der Waals surface area contributed by atoms with Crippen molar-refractivity contribution >= 4 is 0 Å². The molecule has 0 amide bonds. The molecule has 4 rings (SSSR count). The fourth-order valence-corrected chi connectivity index (χ4v) is 3.34. The largest absolute Gasteiger partial charge is 0.454 e. The van der Waals surface area contributed by atoms with Gasteiger partial charge < -0.3 is 9.47 Å². The number of piperidine rings is 1. The average Bonchev–Trinajstić information content (AvgIpc) is 3.04. The highest BCUT2D eigenvalue weighted by atomic mass is 16.7. The van der Waals surface area contributed by atoms with Gasteiger partial charge in [-0.2, -0.15) is 0 Å². The summed E-state index contributed by atoms with van der Waals surface area (Å²) in [6.07, 6.45) is 6.14. The van der Waals surface area contributed by atoms with E-state index < -0.39 is 0 Å². The Bertz CT molecular complexity index is 637. The zero-order valence-corrected chi connectivity index (χ0v) is 12.6. The van der Waals surface area contributed by atoms with E-state index in [-0.39, 0.29) is 0 Å². The van der Waals surface area contributed by atoms with E-state index in [1.165, 1.54) is 24.0 Å². The third-order valence-electron chi connectivity index (χ3n) is 4.61. The summed E-state index contributed by atoms with van der Waals surface area (Å²) in [4.78, 5) is 6.60. The Hall–Kier alpha value is -2.07. The predicted molar refractivity (Wildman–Crippen MR) is 84.1 cm³/mol. The fraction of sp³-hybridized carbons (Fsp3) is 0.389. The molecule has 2 aliphatic rings. The molecule has 0 bridgehead atoms. The number of likely N-dealkylation sites (tertiary alicyclic amines) is 1. The lowest BCUT2D eigenvalue weighted by Crippen LogP contribution is -2.32. The second kappa shape index (κ2) is 5.97. The van der Waals surface area contributed by atoms with Crippen LogP contribution >= 0.6 is 0 Å². The first kappa shape index (κ1) is 13.6. The van der Waals surface area contributed by atoms with Crippen LogP contribution in [0.5, 0.6) is 11.5 Å². The van der Waals surface area contributed by atoms with E-state index >= 15 is 0 Å². The summed E-state index contributed by atoms with van der Waals surface area (Å²) in [6, 6.07) is 10.6. The number of fused-ring (bicyclic) bond motifs is 1. The lowest BCUT2D eigenvalue weighted by atomic mass is 9.89. The maximum absolute atomic E-state index is 5.49. The van der Waals surface area contributed by atoms with Gasteiger partial charge in [-0.1, -0.05) is 6.07 Å². The minimum Gasteiger partial charge on any atom is -0.454 e. The van der Waals surface area contributed by atoms with Crippen LogP contribution in [0.4, 0.5) is 0 Å². The minimum absolute atomic E-state index is 0.350. The van der Waals surface area contributed by atoms with E-state index in [0.29, 0.717) is 12.7 Å². The summed E-state index contributed by atoms with van der Waals surface area (Å²) in [7, 11) is 0. The Morgan fingerprint density at radius 1 is 1.00 bits per heavy atom. The van der Waals surface area contributed by atoms with Crippen LogP contribution in [0.25, 0.3) is 0 Å². The molecular weight excluding hydrogens is 276 g/mol. The van der Waals surface area contributed by atoms with E-state index in [4.69, 9.17) is 9.47 Å². The summed E-state index contributed by atoms with van der Waals surface area (Å²) >= 11 is 0. The first-order chi connectivity index (χ1) is 10.9. The van der Waals surface area contributed by atoms with Crippen LogP contribution in [0, 0.1) is 0 Å². The first-order valence-corrected chi connectivity index (χ1v) is 7.89. The highest BCUT2D eigenvalue weighted by Crippen LogP contribution is 2.37. The molecule has 1 aromatic carbocycles. The number of pyridine rings is 1. The molecule has 0 N–H and O–H groups in total. The molecular formula is C18H20N2O2. The van der Waals surface area contributed by atoms with E-state index in [9.17, 15) is 0 Å². The normalized spacial score (nSPS) is 18.5. The smallest absolute Gasteiger partial charge is 0.231 e. The van der Waals surface area contributed by atoms with Crippen molar-refractivity contribution in [2.45, 2.75) is 25.3 Å². The first-order valence-electron chi connectivity index (χ1n) is 7.89. The highest BCUT2D eigenvalue weighted by molar-refractivity contribution is 5.45. The van der Waals surface area contributed by atoms with Gasteiger partial charge in [0.2, 0.25) is 6.79 Å². The molecule has 0 atom stereocenters. The lowest BCUT2D eigenvalue weighted by Gasteiger charge is -2.32. The third-order valence-corrected chi connectivity index (χ3v) is 4.61. The molecule has 1 fully saturated rings. The van der Waals surface area contributed by atoms with Crippen LogP contribution in [0.2, 0.25) is 0 Å². The molecule has 0 spiro atoms. The summed E-state index contributed by atoms with van der Waals surface area (Å²) < 4.78 is 10.9. The monoisotopic (exact) mass is 296 g/mol. The molecule has 114 valence electrons. The molecule has 22 heavy (non-hydrogen) atoms. The van der Waals surface area contributed by atoms with Crippen molar-refractivity contribution in [3.05, 3.63) is 53.9 Å². The van der Waals surface area contributed by atoms with Crippen molar-refractivity contribution in [3.8, 4) is 11.5 Å². The van der Waals surface area contributed by atoms with Crippen LogP contribution in [0.15, 0.2) is 42.7 Å². The maximum Gasteiger partial charge on any atom is 0.231 e. The third kappa shape index (κ3) is 2.79.